The van der Waals surface area contributed by atoms with Crippen LogP contribution in [0.3, 0.4) is 0 Å². The second-order valence-electron chi connectivity index (χ2n) is 5.17. The zero-order chi connectivity index (χ0) is 13.9. The Labute approximate surface area is 110 Å². The molecule has 1 amide bonds. The fourth-order valence-corrected chi connectivity index (χ4v) is 1.77. The molecule has 6 heteroatoms. The minimum atomic E-state index is -1.12. The highest BCUT2D eigenvalue weighted by Gasteiger charge is 2.24. The Kier molecular flexibility index (Phi) is 4.45. The zero-order valence-corrected chi connectivity index (χ0v) is 11.8. The van der Waals surface area contributed by atoms with Crippen molar-refractivity contribution in [1.82, 2.24) is 10.3 Å². The highest BCUT2D eigenvalue weighted by atomic mass is 32.1. The van der Waals surface area contributed by atoms with E-state index in [1.165, 1.54) is 5.38 Å². The molecule has 0 aliphatic heterocycles. The van der Waals surface area contributed by atoms with Crippen LogP contribution in [0.2, 0.25) is 0 Å². The number of nitrogens with one attached hydrogen (secondary N) is 1. The second-order valence-corrected chi connectivity index (χ2v) is 6.03. The molecular formula is C12H18N2O3S. The molecule has 1 aromatic heterocycles. The molecule has 0 aliphatic rings. The summed E-state index contributed by atoms with van der Waals surface area (Å²) >= 11 is 1.04. The van der Waals surface area contributed by atoms with E-state index in [-0.39, 0.29) is 22.0 Å². The van der Waals surface area contributed by atoms with Crippen LogP contribution in [0.5, 0.6) is 0 Å². The average molecular weight is 270 g/mol. The Balaban J connectivity index is 2.63. The van der Waals surface area contributed by atoms with Gasteiger partial charge in [-0.2, -0.15) is 0 Å². The van der Waals surface area contributed by atoms with E-state index in [1.807, 2.05) is 0 Å². The van der Waals surface area contributed by atoms with Crippen molar-refractivity contribution >= 4 is 23.2 Å². The Hall–Kier alpha value is -1.43. The molecule has 0 radical (unpaired) electrons. The van der Waals surface area contributed by atoms with Crippen molar-refractivity contribution in [2.45, 2.75) is 27.7 Å². The maximum atomic E-state index is 11.8. The van der Waals surface area contributed by atoms with Crippen molar-refractivity contribution in [3.63, 3.8) is 0 Å². The number of rotatable bonds is 5. The summed E-state index contributed by atoms with van der Waals surface area (Å²) in [5.41, 5.74) is -0.101. The van der Waals surface area contributed by atoms with Crippen LogP contribution in [0.25, 0.3) is 0 Å². The Bertz CT molecular complexity index is 452. The van der Waals surface area contributed by atoms with E-state index in [4.69, 9.17) is 5.11 Å². The predicted octanol–water partition coefficient (Wildman–Crippen LogP) is 2.25. The lowest BCUT2D eigenvalue weighted by Crippen LogP contribution is -2.36. The first kappa shape index (κ1) is 14.6. The molecule has 0 atom stereocenters. The molecule has 0 fully saturated rings. The molecule has 1 rings (SSSR count). The van der Waals surface area contributed by atoms with Crippen molar-refractivity contribution in [3.8, 4) is 0 Å². The Morgan fingerprint density at radius 2 is 2.11 bits per heavy atom. The van der Waals surface area contributed by atoms with Crippen LogP contribution in [0.4, 0.5) is 0 Å². The topological polar surface area (TPSA) is 79.3 Å². The summed E-state index contributed by atoms with van der Waals surface area (Å²) in [5, 5.41) is 13.1. The standard InChI is InChI=1S/C12H18N2O3S/c1-7(2)12(3,4)6-13-9(15)10-14-8(5-18-10)11(16)17/h5,7H,6H2,1-4H3,(H,13,15)(H,16,17). The van der Waals surface area contributed by atoms with E-state index >= 15 is 0 Å². The summed E-state index contributed by atoms with van der Waals surface area (Å²) in [6, 6.07) is 0. The van der Waals surface area contributed by atoms with E-state index in [9.17, 15) is 9.59 Å². The van der Waals surface area contributed by atoms with E-state index in [0.717, 1.165) is 11.3 Å². The summed E-state index contributed by atoms with van der Waals surface area (Å²) in [6.45, 7) is 8.87. The molecule has 0 saturated heterocycles. The van der Waals surface area contributed by atoms with Crippen LogP contribution < -0.4 is 5.32 Å². The van der Waals surface area contributed by atoms with Gasteiger partial charge in [-0.1, -0.05) is 27.7 Å². The van der Waals surface area contributed by atoms with E-state index in [2.05, 4.69) is 38.0 Å². The average Bonchev–Trinajstić information content (AvgIpc) is 2.75. The first-order chi connectivity index (χ1) is 8.24. The highest BCUT2D eigenvalue weighted by Crippen LogP contribution is 2.24. The number of carboxylic acids is 1. The van der Waals surface area contributed by atoms with Crippen LogP contribution in [0, 0.1) is 11.3 Å². The third-order valence-corrected chi connectivity index (χ3v) is 4.03. The number of aromatic carboxylic acids is 1. The van der Waals surface area contributed by atoms with Gasteiger partial charge in [0.15, 0.2) is 10.7 Å². The van der Waals surface area contributed by atoms with Gasteiger partial charge in [-0.3, -0.25) is 4.79 Å². The number of nitrogens with zero attached hydrogens (tertiary/aromatic N) is 1. The zero-order valence-electron chi connectivity index (χ0n) is 11.0. The third kappa shape index (κ3) is 3.53. The Morgan fingerprint density at radius 1 is 1.50 bits per heavy atom. The summed E-state index contributed by atoms with van der Waals surface area (Å²) in [7, 11) is 0. The van der Waals surface area contributed by atoms with Crippen LogP contribution in [-0.4, -0.2) is 28.5 Å². The van der Waals surface area contributed by atoms with Gasteiger partial charge in [-0.25, -0.2) is 9.78 Å². The molecule has 0 spiro atoms. The monoisotopic (exact) mass is 270 g/mol. The van der Waals surface area contributed by atoms with Gasteiger partial charge in [0, 0.05) is 11.9 Å². The number of hydrogen-bond donors (Lipinski definition) is 2. The third-order valence-electron chi connectivity index (χ3n) is 3.19. The van der Waals surface area contributed by atoms with Gasteiger partial charge in [-0.15, -0.1) is 11.3 Å². The van der Waals surface area contributed by atoms with Crippen molar-refractivity contribution in [2.24, 2.45) is 11.3 Å². The molecule has 0 saturated carbocycles. The number of aromatic nitrogens is 1. The van der Waals surface area contributed by atoms with Crippen molar-refractivity contribution in [2.75, 3.05) is 6.54 Å². The van der Waals surface area contributed by atoms with Gasteiger partial charge in [0.1, 0.15) is 0 Å². The quantitative estimate of drug-likeness (QED) is 0.860. The van der Waals surface area contributed by atoms with Gasteiger partial charge in [-0.05, 0) is 11.3 Å². The number of thiazole rings is 1. The van der Waals surface area contributed by atoms with Crippen molar-refractivity contribution < 1.29 is 14.7 Å². The largest absolute Gasteiger partial charge is 0.476 e. The molecule has 5 nitrogen and oxygen atoms in total. The fourth-order valence-electron chi connectivity index (χ4n) is 1.06. The molecule has 18 heavy (non-hydrogen) atoms. The molecular weight excluding hydrogens is 252 g/mol. The maximum Gasteiger partial charge on any atom is 0.355 e. The first-order valence-electron chi connectivity index (χ1n) is 5.71. The number of carbonyl (C=O) groups is 2. The number of carboxylic acid groups (broad SMARTS) is 1. The summed E-state index contributed by atoms with van der Waals surface area (Å²) < 4.78 is 0. The normalized spacial score (nSPS) is 11.6. The number of carbonyl (C=O) groups excluding carboxylic acids is 1. The van der Waals surface area contributed by atoms with Gasteiger partial charge >= 0.3 is 5.97 Å². The molecule has 100 valence electrons. The lowest BCUT2D eigenvalue weighted by molar-refractivity contribution is 0.0691. The molecule has 1 aromatic rings. The Morgan fingerprint density at radius 3 is 2.56 bits per heavy atom. The van der Waals surface area contributed by atoms with Crippen LogP contribution in [0.1, 0.15) is 48.0 Å². The highest BCUT2D eigenvalue weighted by molar-refractivity contribution is 7.11. The second kappa shape index (κ2) is 5.48. The molecule has 2 N–H and O–H groups in total. The van der Waals surface area contributed by atoms with Gasteiger partial charge < -0.3 is 10.4 Å². The van der Waals surface area contributed by atoms with Gasteiger partial charge in [0.25, 0.3) is 5.91 Å². The van der Waals surface area contributed by atoms with Gasteiger partial charge in [0.2, 0.25) is 0 Å². The number of amides is 1. The minimum absolute atomic E-state index is 0.0114. The number of hydrogen-bond acceptors (Lipinski definition) is 4. The SMILES string of the molecule is CC(C)C(C)(C)CNC(=O)c1nc(C(=O)O)cs1. The molecule has 0 aromatic carbocycles. The van der Waals surface area contributed by atoms with Crippen LogP contribution in [-0.2, 0) is 0 Å². The first-order valence-corrected chi connectivity index (χ1v) is 6.59. The smallest absolute Gasteiger partial charge is 0.355 e. The van der Waals surface area contributed by atoms with Crippen LogP contribution in [0.15, 0.2) is 5.38 Å². The molecule has 0 aliphatic carbocycles. The molecule has 0 unspecified atom stereocenters. The van der Waals surface area contributed by atoms with Crippen molar-refractivity contribution in [3.05, 3.63) is 16.1 Å². The lowest BCUT2D eigenvalue weighted by Gasteiger charge is -2.29. The van der Waals surface area contributed by atoms with Crippen molar-refractivity contribution in [1.29, 1.82) is 0 Å². The summed E-state index contributed by atoms with van der Waals surface area (Å²) in [6.07, 6.45) is 0. The lowest BCUT2D eigenvalue weighted by atomic mass is 9.81. The molecule has 0 bridgehead atoms. The van der Waals surface area contributed by atoms with E-state index < -0.39 is 5.97 Å². The van der Waals surface area contributed by atoms with E-state index in [1.54, 1.807) is 0 Å². The summed E-state index contributed by atoms with van der Waals surface area (Å²) in [5.74, 6) is -1.00. The molecule has 1 heterocycles. The maximum absolute atomic E-state index is 11.8. The van der Waals surface area contributed by atoms with Gasteiger partial charge in [0.05, 0.1) is 0 Å². The van der Waals surface area contributed by atoms with Crippen LogP contribution >= 0.6 is 11.3 Å². The summed E-state index contributed by atoms with van der Waals surface area (Å²) in [4.78, 5) is 26.2. The fraction of sp³-hybridized carbons (Fsp3) is 0.583. The minimum Gasteiger partial charge on any atom is -0.476 e. The van der Waals surface area contributed by atoms with E-state index in [0.29, 0.717) is 12.5 Å². The predicted molar refractivity (Wildman–Crippen MR) is 70.0 cm³/mol.